The van der Waals surface area contributed by atoms with E-state index in [2.05, 4.69) is 31.2 Å². The molecule has 1 aromatic rings. The van der Waals surface area contributed by atoms with Crippen molar-refractivity contribution in [3.8, 4) is 5.75 Å². The molecule has 3 heteroatoms. The smallest absolute Gasteiger partial charge is 0.314 e. The third kappa shape index (κ3) is 9.27. The van der Waals surface area contributed by atoms with Crippen LogP contribution in [0.4, 0.5) is 0 Å². The van der Waals surface area contributed by atoms with Gasteiger partial charge in [-0.05, 0) is 131 Å². The maximum absolute atomic E-state index is 12.7. The van der Waals surface area contributed by atoms with E-state index >= 15 is 0 Å². The summed E-state index contributed by atoms with van der Waals surface area (Å²) in [6.07, 6.45) is 27.0. The van der Waals surface area contributed by atoms with E-state index in [1.165, 1.54) is 82.6 Å². The number of allylic oxidation sites excluding steroid dienone is 2. The monoisotopic (exact) mass is 508 g/mol. The van der Waals surface area contributed by atoms with Crippen molar-refractivity contribution in [3.05, 3.63) is 42.0 Å². The molecular formula is C34H52O3. The highest BCUT2D eigenvalue weighted by molar-refractivity contribution is 5.75. The first-order valence-corrected chi connectivity index (χ1v) is 15.6. The molecule has 3 saturated carbocycles. The molecular weight excluding hydrogens is 456 g/mol. The summed E-state index contributed by atoms with van der Waals surface area (Å²) in [5, 5.41) is 0. The number of esters is 1. The second-order valence-corrected chi connectivity index (χ2v) is 12.4. The number of aryl methyl sites for hydroxylation is 1. The third-order valence-corrected chi connectivity index (χ3v) is 9.72. The van der Waals surface area contributed by atoms with E-state index in [-0.39, 0.29) is 11.9 Å². The number of methoxy groups -OCH3 is 1. The Kier molecular flexibility index (Phi) is 11.6. The minimum absolute atomic E-state index is 0.0335. The molecule has 0 aliphatic heterocycles. The van der Waals surface area contributed by atoms with Crippen LogP contribution in [0.2, 0.25) is 0 Å². The van der Waals surface area contributed by atoms with Crippen LogP contribution in [0.25, 0.3) is 0 Å². The fourth-order valence-corrected chi connectivity index (χ4v) is 6.96. The lowest BCUT2D eigenvalue weighted by Gasteiger charge is -2.31. The predicted molar refractivity (Wildman–Crippen MR) is 153 cm³/mol. The molecule has 0 spiro atoms. The molecule has 3 aliphatic carbocycles. The van der Waals surface area contributed by atoms with Gasteiger partial charge in [0.1, 0.15) is 5.75 Å². The van der Waals surface area contributed by atoms with Gasteiger partial charge < -0.3 is 9.47 Å². The van der Waals surface area contributed by atoms with Crippen LogP contribution in [0.1, 0.15) is 115 Å². The zero-order valence-corrected chi connectivity index (χ0v) is 23.7. The number of carbonyl (C=O) groups excluding carboxylic acids is 1. The summed E-state index contributed by atoms with van der Waals surface area (Å²) >= 11 is 0. The first-order valence-electron chi connectivity index (χ1n) is 15.6. The SMILES string of the molecule is CCCCc1ccc(OC(=O)C2CCC(C=CC3CCC(CCC4CCC(OC)CC4)CC3)CC2)cc1. The highest BCUT2D eigenvalue weighted by Gasteiger charge is 2.28. The second-order valence-electron chi connectivity index (χ2n) is 12.4. The Morgan fingerprint density at radius 3 is 1.86 bits per heavy atom. The van der Waals surface area contributed by atoms with Crippen molar-refractivity contribution in [2.75, 3.05) is 7.11 Å². The van der Waals surface area contributed by atoms with Crippen molar-refractivity contribution in [2.24, 2.45) is 29.6 Å². The molecule has 0 atom stereocenters. The first kappa shape index (κ1) is 28.4. The number of ether oxygens (including phenoxy) is 2. The molecule has 3 aliphatic rings. The van der Waals surface area contributed by atoms with Gasteiger partial charge in [0.15, 0.2) is 0 Å². The number of hydrogen-bond acceptors (Lipinski definition) is 3. The van der Waals surface area contributed by atoms with Gasteiger partial charge in [0.2, 0.25) is 0 Å². The van der Waals surface area contributed by atoms with Crippen LogP contribution in [-0.4, -0.2) is 19.2 Å². The minimum Gasteiger partial charge on any atom is -0.426 e. The summed E-state index contributed by atoms with van der Waals surface area (Å²) < 4.78 is 11.3. The van der Waals surface area contributed by atoms with Crippen molar-refractivity contribution < 1.29 is 14.3 Å². The molecule has 3 nitrogen and oxygen atoms in total. The van der Waals surface area contributed by atoms with Crippen LogP contribution < -0.4 is 4.74 Å². The first-order chi connectivity index (χ1) is 18.1. The molecule has 0 aromatic heterocycles. The third-order valence-electron chi connectivity index (χ3n) is 9.72. The van der Waals surface area contributed by atoms with E-state index in [0.717, 1.165) is 49.9 Å². The molecule has 37 heavy (non-hydrogen) atoms. The average molecular weight is 509 g/mol. The van der Waals surface area contributed by atoms with Gasteiger partial charge in [-0.25, -0.2) is 0 Å². The van der Waals surface area contributed by atoms with Gasteiger partial charge in [-0.2, -0.15) is 0 Å². The van der Waals surface area contributed by atoms with Crippen LogP contribution >= 0.6 is 0 Å². The number of hydrogen-bond donors (Lipinski definition) is 0. The zero-order chi connectivity index (χ0) is 25.9. The van der Waals surface area contributed by atoms with Gasteiger partial charge in [0, 0.05) is 7.11 Å². The highest BCUT2D eigenvalue weighted by Crippen LogP contribution is 2.37. The standard InChI is InChI=1S/C34H52O3/c1-3-4-5-26-18-24-33(25-19-26)37-34(35)31-20-14-29(15-21-31)12-10-27-6-8-28(9-7-27)11-13-30-16-22-32(36-2)23-17-30/h10,12,18-19,24-25,27-32H,3-9,11,13-17,20-23H2,1-2H3. The van der Waals surface area contributed by atoms with Gasteiger partial charge in [-0.15, -0.1) is 0 Å². The molecule has 0 N–H and O–H groups in total. The summed E-state index contributed by atoms with van der Waals surface area (Å²) in [5.41, 5.74) is 1.32. The number of carbonyl (C=O) groups is 1. The lowest BCUT2D eigenvalue weighted by molar-refractivity contribution is -0.140. The normalized spacial score (nSPS) is 30.9. The Morgan fingerprint density at radius 1 is 0.784 bits per heavy atom. The lowest BCUT2D eigenvalue weighted by Crippen LogP contribution is -2.25. The zero-order valence-electron chi connectivity index (χ0n) is 23.7. The number of benzene rings is 1. The Morgan fingerprint density at radius 2 is 1.32 bits per heavy atom. The van der Waals surface area contributed by atoms with Crippen molar-refractivity contribution in [2.45, 2.75) is 122 Å². The molecule has 0 unspecified atom stereocenters. The number of rotatable bonds is 11. The predicted octanol–water partition coefficient (Wildman–Crippen LogP) is 9.09. The van der Waals surface area contributed by atoms with Crippen LogP contribution in [0.3, 0.4) is 0 Å². The van der Waals surface area contributed by atoms with Gasteiger partial charge in [0.25, 0.3) is 0 Å². The molecule has 0 bridgehead atoms. The molecule has 0 radical (unpaired) electrons. The Balaban J connectivity index is 1.09. The van der Waals surface area contributed by atoms with Gasteiger partial charge in [-0.1, -0.05) is 50.5 Å². The molecule has 4 rings (SSSR count). The topological polar surface area (TPSA) is 35.5 Å². The maximum Gasteiger partial charge on any atom is 0.314 e. The van der Waals surface area contributed by atoms with E-state index in [4.69, 9.17) is 9.47 Å². The van der Waals surface area contributed by atoms with Crippen molar-refractivity contribution >= 4 is 5.97 Å². The van der Waals surface area contributed by atoms with Gasteiger partial charge >= 0.3 is 5.97 Å². The van der Waals surface area contributed by atoms with Crippen LogP contribution in [-0.2, 0) is 16.0 Å². The van der Waals surface area contributed by atoms with E-state index in [0.29, 0.717) is 17.8 Å². The maximum atomic E-state index is 12.7. The Bertz CT molecular complexity index is 804. The minimum atomic E-state index is -0.0335. The molecule has 0 saturated heterocycles. The molecule has 0 amide bonds. The lowest BCUT2D eigenvalue weighted by atomic mass is 9.76. The fourth-order valence-electron chi connectivity index (χ4n) is 6.96. The molecule has 1 aromatic carbocycles. The largest absolute Gasteiger partial charge is 0.426 e. The molecule has 3 fully saturated rings. The molecule has 206 valence electrons. The van der Waals surface area contributed by atoms with E-state index in [1.54, 1.807) is 0 Å². The average Bonchev–Trinajstić information content (AvgIpc) is 2.95. The van der Waals surface area contributed by atoms with Crippen molar-refractivity contribution in [1.82, 2.24) is 0 Å². The summed E-state index contributed by atoms with van der Waals surface area (Å²) in [6, 6.07) is 8.11. The summed E-state index contributed by atoms with van der Waals surface area (Å²) in [6.45, 7) is 2.21. The van der Waals surface area contributed by atoms with Crippen LogP contribution in [0.15, 0.2) is 36.4 Å². The molecule has 0 heterocycles. The van der Waals surface area contributed by atoms with Crippen LogP contribution in [0.5, 0.6) is 5.75 Å². The highest BCUT2D eigenvalue weighted by atomic mass is 16.5. The second kappa shape index (κ2) is 15.1. The quantitative estimate of drug-likeness (QED) is 0.170. The van der Waals surface area contributed by atoms with Crippen LogP contribution in [0, 0.1) is 29.6 Å². The van der Waals surface area contributed by atoms with Gasteiger partial charge in [-0.3, -0.25) is 4.79 Å². The van der Waals surface area contributed by atoms with Crippen molar-refractivity contribution in [1.29, 1.82) is 0 Å². The van der Waals surface area contributed by atoms with E-state index in [1.807, 2.05) is 19.2 Å². The summed E-state index contributed by atoms with van der Waals surface area (Å²) in [5.74, 6) is 4.05. The van der Waals surface area contributed by atoms with E-state index < -0.39 is 0 Å². The number of unbranched alkanes of at least 4 members (excludes halogenated alkanes) is 1. The van der Waals surface area contributed by atoms with Gasteiger partial charge in [0.05, 0.1) is 12.0 Å². The fraction of sp³-hybridized carbons (Fsp3) is 0.735. The van der Waals surface area contributed by atoms with Crippen molar-refractivity contribution in [3.63, 3.8) is 0 Å². The summed E-state index contributed by atoms with van der Waals surface area (Å²) in [7, 11) is 1.87. The van der Waals surface area contributed by atoms with E-state index in [9.17, 15) is 4.79 Å². The Hall–Kier alpha value is -1.61. The summed E-state index contributed by atoms with van der Waals surface area (Å²) in [4.78, 5) is 12.7. The Labute approximate surface area is 226 Å².